The van der Waals surface area contributed by atoms with Crippen LogP contribution in [0.1, 0.15) is 25.0 Å². The molecule has 0 aliphatic heterocycles. The van der Waals surface area contributed by atoms with Crippen LogP contribution in [-0.2, 0) is 10.0 Å². The molecule has 118 valence electrons. The molecule has 2 N–H and O–H groups in total. The standard InChI is InChI=1S/C13H20N2O5S/c1-9-5-10(2)12(6-11(9)15(16)17)20-7-13(3,4)8-21(14,18)19/h5-6H,7-8H2,1-4H3,(H2,14,18,19). The highest BCUT2D eigenvalue weighted by atomic mass is 32.2. The Kier molecular flexibility index (Phi) is 4.95. The van der Waals surface area contributed by atoms with Gasteiger partial charge < -0.3 is 4.74 Å². The summed E-state index contributed by atoms with van der Waals surface area (Å²) in [5.74, 6) is 0.141. The fraction of sp³-hybridized carbons (Fsp3) is 0.538. The Hall–Kier alpha value is -1.67. The summed E-state index contributed by atoms with van der Waals surface area (Å²) in [6.07, 6.45) is 0. The molecule has 0 aliphatic carbocycles. The molecule has 0 amide bonds. The number of hydrogen-bond acceptors (Lipinski definition) is 5. The molecule has 0 unspecified atom stereocenters. The van der Waals surface area contributed by atoms with Crippen molar-refractivity contribution in [2.45, 2.75) is 27.7 Å². The maximum absolute atomic E-state index is 11.1. The van der Waals surface area contributed by atoms with Crippen LogP contribution in [0.2, 0.25) is 0 Å². The number of primary sulfonamides is 1. The minimum absolute atomic E-state index is 0.0279. The van der Waals surface area contributed by atoms with Crippen molar-refractivity contribution in [2.24, 2.45) is 10.6 Å². The van der Waals surface area contributed by atoms with E-state index in [0.717, 1.165) is 5.56 Å². The molecule has 7 nitrogen and oxygen atoms in total. The Labute approximate surface area is 124 Å². The lowest BCUT2D eigenvalue weighted by molar-refractivity contribution is -0.385. The molecular weight excluding hydrogens is 296 g/mol. The third kappa shape index (κ3) is 5.31. The second-order valence-electron chi connectivity index (χ2n) is 5.92. The summed E-state index contributed by atoms with van der Waals surface area (Å²) in [6, 6.07) is 3.03. The zero-order chi connectivity index (χ0) is 16.4. The minimum atomic E-state index is -3.61. The van der Waals surface area contributed by atoms with Gasteiger partial charge in [0.05, 0.1) is 23.3 Å². The van der Waals surface area contributed by atoms with Crippen LogP contribution in [-0.4, -0.2) is 25.7 Å². The van der Waals surface area contributed by atoms with Crippen molar-refractivity contribution in [3.63, 3.8) is 0 Å². The quantitative estimate of drug-likeness (QED) is 0.636. The van der Waals surface area contributed by atoms with Crippen molar-refractivity contribution in [2.75, 3.05) is 12.4 Å². The maximum atomic E-state index is 11.1. The van der Waals surface area contributed by atoms with Gasteiger partial charge in [0.25, 0.3) is 5.69 Å². The predicted octanol–water partition coefficient (Wildman–Crippen LogP) is 1.91. The lowest BCUT2D eigenvalue weighted by Crippen LogP contribution is -2.33. The largest absolute Gasteiger partial charge is 0.492 e. The van der Waals surface area contributed by atoms with Crippen molar-refractivity contribution in [3.8, 4) is 5.75 Å². The summed E-state index contributed by atoms with van der Waals surface area (Å²) in [5.41, 5.74) is 0.581. The molecule has 0 spiro atoms. The van der Waals surface area contributed by atoms with Crippen LogP contribution in [0.3, 0.4) is 0 Å². The number of rotatable bonds is 6. The number of aryl methyl sites for hydroxylation is 2. The van der Waals surface area contributed by atoms with E-state index in [4.69, 9.17) is 9.88 Å². The van der Waals surface area contributed by atoms with Crippen molar-refractivity contribution < 1.29 is 18.1 Å². The topological polar surface area (TPSA) is 113 Å². The van der Waals surface area contributed by atoms with E-state index in [1.54, 1.807) is 33.8 Å². The fourth-order valence-corrected chi connectivity index (χ4v) is 3.21. The summed E-state index contributed by atoms with van der Waals surface area (Å²) < 4.78 is 27.9. The van der Waals surface area contributed by atoms with E-state index in [1.807, 2.05) is 0 Å². The van der Waals surface area contributed by atoms with E-state index in [-0.39, 0.29) is 18.0 Å². The Morgan fingerprint density at radius 3 is 2.33 bits per heavy atom. The number of nitrogens with zero attached hydrogens (tertiary/aromatic N) is 1. The number of hydrogen-bond donors (Lipinski definition) is 1. The summed E-state index contributed by atoms with van der Waals surface area (Å²) in [7, 11) is -3.61. The van der Waals surface area contributed by atoms with E-state index in [1.165, 1.54) is 6.07 Å². The van der Waals surface area contributed by atoms with Gasteiger partial charge in [0, 0.05) is 11.0 Å². The van der Waals surface area contributed by atoms with Gasteiger partial charge in [-0.3, -0.25) is 10.1 Å². The molecule has 1 aromatic rings. The summed E-state index contributed by atoms with van der Waals surface area (Å²) in [4.78, 5) is 10.5. The first-order valence-corrected chi connectivity index (χ1v) is 8.02. The average molecular weight is 316 g/mol. The highest BCUT2D eigenvalue weighted by Gasteiger charge is 2.26. The zero-order valence-electron chi connectivity index (χ0n) is 12.5. The number of nitrogens with two attached hydrogens (primary N) is 1. The lowest BCUT2D eigenvalue weighted by atomic mass is 9.98. The van der Waals surface area contributed by atoms with Crippen molar-refractivity contribution in [1.29, 1.82) is 0 Å². The average Bonchev–Trinajstić information content (AvgIpc) is 2.23. The number of ether oxygens (including phenoxy) is 1. The molecule has 1 rings (SSSR count). The van der Waals surface area contributed by atoms with Crippen molar-refractivity contribution in [1.82, 2.24) is 0 Å². The van der Waals surface area contributed by atoms with Gasteiger partial charge >= 0.3 is 0 Å². The third-order valence-corrected chi connectivity index (χ3v) is 4.08. The normalized spacial score (nSPS) is 12.2. The smallest absolute Gasteiger partial charge is 0.276 e. The first-order chi connectivity index (χ1) is 9.41. The molecule has 0 saturated carbocycles. The summed E-state index contributed by atoms with van der Waals surface area (Å²) in [5, 5.41) is 16.0. The molecule has 8 heteroatoms. The van der Waals surface area contributed by atoms with Gasteiger partial charge in [-0.15, -0.1) is 0 Å². The molecule has 0 radical (unpaired) electrons. The highest BCUT2D eigenvalue weighted by molar-refractivity contribution is 7.89. The number of benzene rings is 1. The molecule has 0 fully saturated rings. The summed E-state index contributed by atoms with van der Waals surface area (Å²) in [6.45, 7) is 6.92. The van der Waals surface area contributed by atoms with Crippen molar-refractivity contribution in [3.05, 3.63) is 33.4 Å². The van der Waals surface area contributed by atoms with E-state index in [9.17, 15) is 18.5 Å². The minimum Gasteiger partial charge on any atom is -0.492 e. The van der Waals surface area contributed by atoms with Crippen LogP contribution in [0.5, 0.6) is 5.75 Å². The Morgan fingerprint density at radius 2 is 1.86 bits per heavy atom. The predicted molar refractivity (Wildman–Crippen MR) is 79.8 cm³/mol. The van der Waals surface area contributed by atoms with Crippen LogP contribution >= 0.6 is 0 Å². The Bertz CT molecular complexity index is 653. The van der Waals surface area contributed by atoms with Gasteiger partial charge in [-0.05, 0) is 25.5 Å². The van der Waals surface area contributed by atoms with Crippen LogP contribution < -0.4 is 9.88 Å². The second kappa shape index (κ2) is 5.98. The Morgan fingerprint density at radius 1 is 1.29 bits per heavy atom. The van der Waals surface area contributed by atoms with Gasteiger partial charge in [0.2, 0.25) is 10.0 Å². The molecule has 21 heavy (non-hydrogen) atoms. The molecule has 0 aromatic heterocycles. The first-order valence-electron chi connectivity index (χ1n) is 6.30. The van der Waals surface area contributed by atoms with Gasteiger partial charge in [-0.1, -0.05) is 13.8 Å². The lowest BCUT2D eigenvalue weighted by Gasteiger charge is -2.24. The van der Waals surface area contributed by atoms with Crippen molar-refractivity contribution >= 4 is 15.7 Å². The number of nitro benzene ring substituents is 1. The summed E-state index contributed by atoms with van der Waals surface area (Å²) >= 11 is 0. The molecule has 1 aromatic carbocycles. The Balaban J connectivity index is 2.94. The van der Waals surface area contributed by atoms with Crippen LogP contribution in [0, 0.1) is 29.4 Å². The van der Waals surface area contributed by atoms with E-state index in [2.05, 4.69) is 0 Å². The molecule has 0 saturated heterocycles. The van der Waals surface area contributed by atoms with Gasteiger partial charge in [0.15, 0.2) is 0 Å². The van der Waals surface area contributed by atoms with Gasteiger partial charge in [-0.2, -0.15) is 0 Å². The zero-order valence-corrected chi connectivity index (χ0v) is 13.4. The first kappa shape index (κ1) is 17.4. The molecule has 0 atom stereocenters. The number of sulfonamides is 1. The monoisotopic (exact) mass is 316 g/mol. The highest BCUT2D eigenvalue weighted by Crippen LogP contribution is 2.29. The van der Waals surface area contributed by atoms with Crippen LogP contribution in [0.4, 0.5) is 5.69 Å². The van der Waals surface area contributed by atoms with Crippen LogP contribution in [0.25, 0.3) is 0 Å². The van der Waals surface area contributed by atoms with E-state index in [0.29, 0.717) is 11.3 Å². The number of nitro groups is 1. The molecule has 0 aliphatic rings. The van der Waals surface area contributed by atoms with Gasteiger partial charge in [0.1, 0.15) is 5.75 Å². The van der Waals surface area contributed by atoms with Gasteiger partial charge in [-0.25, -0.2) is 13.6 Å². The maximum Gasteiger partial charge on any atom is 0.276 e. The van der Waals surface area contributed by atoms with E-state index < -0.39 is 20.4 Å². The van der Waals surface area contributed by atoms with Crippen LogP contribution in [0.15, 0.2) is 12.1 Å². The second-order valence-corrected chi connectivity index (χ2v) is 7.54. The molecular formula is C13H20N2O5S. The fourth-order valence-electron chi connectivity index (χ4n) is 2.03. The molecule has 0 heterocycles. The van der Waals surface area contributed by atoms with E-state index >= 15 is 0 Å². The molecule has 0 bridgehead atoms. The SMILES string of the molecule is Cc1cc(C)c([N+](=O)[O-])cc1OCC(C)(C)CS(N)(=O)=O. The third-order valence-electron chi connectivity index (χ3n) is 2.90.